The van der Waals surface area contributed by atoms with E-state index in [-0.39, 0.29) is 30.1 Å². The summed E-state index contributed by atoms with van der Waals surface area (Å²) in [5.41, 5.74) is 1.13. The maximum atomic E-state index is 13.2. The van der Waals surface area contributed by atoms with E-state index < -0.39 is 37.9 Å². The van der Waals surface area contributed by atoms with Crippen molar-refractivity contribution in [3.8, 4) is 11.5 Å². The van der Waals surface area contributed by atoms with Crippen molar-refractivity contribution in [3.05, 3.63) is 112 Å². The van der Waals surface area contributed by atoms with Crippen LogP contribution >= 0.6 is 8.25 Å². The standard InChI is InChI=1S/C34H35N6O8P/c1-39(2)20-36-33-37-31-30(32(41)38-33)40(21-35-31)29-18-27(48-49(42)43)28(47-29)19-46-34(22-8-6-5-7-9-22,23-10-14-25(44-3)15-11-23)24-12-16-26(45-4)17-13-24/h5-17,20-21,27-29H,18-19H2,1-4H3,(H-,37,38,41,42,43)/p+1/b36-20+/t27-,28+,29+/m0/s1. The Bertz CT molecular complexity index is 1940. The van der Waals surface area contributed by atoms with E-state index in [9.17, 15) is 14.3 Å². The van der Waals surface area contributed by atoms with Gasteiger partial charge in [-0.05, 0) is 41.0 Å². The Kier molecular flexibility index (Phi) is 10.1. The molecule has 14 nitrogen and oxygen atoms in total. The average molecular weight is 688 g/mol. The largest absolute Gasteiger partial charge is 0.695 e. The summed E-state index contributed by atoms with van der Waals surface area (Å²) >= 11 is 0. The molecule has 1 aliphatic heterocycles. The van der Waals surface area contributed by atoms with E-state index in [4.69, 9.17) is 23.5 Å². The van der Waals surface area contributed by atoms with Gasteiger partial charge in [0.15, 0.2) is 11.2 Å². The normalized spacial score (nSPS) is 18.2. The number of rotatable bonds is 13. The Morgan fingerprint density at radius 2 is 1.63 bits per heavy atom. The highest BCUT2D eigenvalue weighted by Gasteiger charge is 2.46. The Morgan fingerprint density at radius 1 is 1.02 bits per heavy atom. The monoisotopic (exact) mass is 687 g/mol. The van der Waals surface area contributed by atoms with Crippen molar-refractivity contribution in [1.82, 2.24) is 24.4 Å². The second-order valence-electron chi connectivity index (χ2n) is 11.5. The molecule has 0 amide bonds. The third-order valence-electron chi connectivity index (χ3n) is 8.19. The molecule has 0 saturated carbocycles. The molecular formula is C34H36N6O8P+. The van der Waals surface area contributed by atoms with Crippen LogP contribution in [0.3, 0.4) is 0 Å². The van der Waals surface area contributed by atoms with Gasteiger partial charge in [0.05, 0.1) is 33.5 Å². The summed E-state index contributed by atoms with van der Waals surface area (Å²) in [7, 11) is 3.80. The summed E-state index contributed by atoms with van der Waals surface area (Å²) in [4.78, 5) is 40.2. The minimum Gasteiger partial charge on any atom is -0.497 e. The van der Waals surface area contributed by atoms with Crippen molar-refractivity contribution in [2.24, 2.45) is 4.99 Å². The van der Waals surface area contributed by atoms with Crippen molar-refractivity contribution < 1.29 is 32.9 Å². The molecule has 1 unspecified atom stereocenters. The molecule has 2 N–H and O–H groups in total. The fourth-order valence-electron chi connectivity index (χ4n) is 5.92. The van der Waals surface area contributed by atoms with E-state index in [2.05, 4.69) is 19.9 Å². The molecule has 3 heterocycles. The van der Waals surface area contributed by atoms with Gasteiger partial charge in [0.25, 0.3) is 5.56 Å². The van der Waals surface area contributed by atoms with Crippen LogP contribution < -0.4 is 15.0 Å². The van der Waals surface area contributed by atoms with Crippen molar-refractivity contribution in [3.63, 3.8) is 0 Å². The summed E-state index contributed by atoms with van der Waals surface area (Å²) < 4.78 is 43.3. The number of aromatic amines is 1. The van der Waals surface area contributed by atoms with Crippen molar-refractivity contribution in [2.75, 3.05) is 34.9 Å². The number of hydrogen-bond donors (Lipinski definition) is 2. The number of imidazole rings is 1. The number of nitrogens with zero attached hydrogens (tertiary/aromatic N) is 5. The van der Waals surface area contributed by atoms with Gasteiger partial charge in [-0.25, -0.2) is 9.98 Å². The lowest BCUT2D eigenvalue weighted by atomic mass is 9.80. The lowest BCUT2D eigenvalue weighted by molar-refractivity contribution is -0.0902. The summed E-state index contributed by atoms with van der Waals surface area (Å²) in [5, 5.41) is 0. The van der Waals surface area contributed by atoms with Crippen molar-refractivity contribution >= 4 is 31.7 Å². The quantitative estimate of drug-likeness (QED) is 0.0765. The summed E-state index contributed by atoms with van der Waals surface area (Å²) in [6.07, 6.45) is 0.600. The topological polar surface area (TPSA) is 163 Å². The highest BCUT2D eigenvalue weighted by molar-refractivity contribution is 7.32. The van der Waals surface area contributed by atoms with Crippen LogP contribution in [0.4, 0.5) is 5.95 Å². The predicted molar refractivity (Wildman–Crippen MR) is 181 cm³/mol. The molecule has 6 rings (SSSR count). The first kappa shape index (κ1) is 33.9. The molecule has 0 spiro atoms. The van der Waals surface area contributed by atoms with E-state index in [0.29, 0.717) is 11.5 Å². The number of fused-ring (bicyclic) bond motifs is 1. The molecule has 3 aromatic carbocycles. The molecule has 49 heavy (non-hydrogen) atoms. The molecule has 2 aromatic heterocycles. The second-order valence-corrected chi connectivity index (χ2v) is 12.2. The summed E-state index contributed by atoms with van der Waals surface area (Å²) in [6, 6.07) is 24.9. The molecule has 1 saturated heterocycles. The SMILES string of the molecule is COc1ccc(C(OC[C@H]2O[C@@H](n3cnc4nc(/N=C/N(C)C)[nH]c(=O)c43)C[C@@H]2O[P+](=O)O)(c2ccccc2)c2ccc(OC)cc2)cc1. The Balaban J connectivity index is 1.38. The van der Waals surface area contributed by atoms with Crippen LogP contribution in [0.2, 0.25) is 0 Å². The van der Waals surface area contributed by atoms with Gasteiger partial charge >= 0.3 is 8.25 Å². The summed E-state index contributed by atoms with van der Waals surface area (Å²) in [6.45, 7) is -0.0675. The highest BCUT2D eigenvalue weighted by atomic mass is 31.1. The zero-order valence-corrected chi connectivity index (χ0v) is 28.2. The number of aliphatic imine (C=N–C) groups is 1. The number of hydrogen-bond acceptors (Lipinski definition) is 10. The maximum Gasteiger partial charge on any atom is 0.695 e. The number of benzene rings is 3. The smallest absolute Gasteiger partial charge is 0.497 e. The minimum absolute atomic E-state index is 0.0675. The van der Waals surface area contributed by atoms with E-state index in [1.807, 2.05) is 78.9 Å². The third kappa shape index (κ3) is 7.09. The van der Waals surface area contributed by atoms with Crippen LogP contribution in [0.15, 0.2) is 95.0 Å². The average Bonchev–Trinajstić information content (AvgIpc) is 3.72. The minimum atomic E-state index is -2.99. The molecule has 4 atom stereocenters. The van der Waals surface area contributed by atoms with Crippen LogP contribution in [-0.4, -0.2) is 82.8 Å². The van der Waals surface area contributed by atoms with E-state index in [1.165, 1.54) is 12.7 Å². The van der Waals surface area contributed by atoms with Gasteiger partial charge in [-0.15, -0.1) is 9.42 Å². The molecule has 5 aromatic rings. The maximum absolute atomic E-state index is 13.2. The molecule has 254 valence electrons. The zero-order chi connectivity index (χ0) is 34.5. The molecule has 0 aliphatic carbocycles. The van der Waals surface area contributed by atoms with Crippen molar-refractivity contribution in [2.45, 2.75) is 30.5 Å². The van der Waals surface area contributed by atoms with Crippen LogP contribution in [0, 0.1) is 0 Å². The fourth-order valence-corrected chi connectivity index (χ4v) is 6.37. The molecular weight excluding hydrogens is 651 g/mol. The number of methoxy groups -OCH3 is 2. The summed E-state index contributed by atoms with van der Waals surface area (Å²) in [5.74, 6) is 1.45. The molecule has 1 aliphatic rings. The van der Waals surface area contributed by atoms with Gasteiger partial charge in [0.1, 0.15) is 35.5 Å². The van der Waals surface area contributed by atoms with Gasteiger partial charge < -0.3 is 23.8 Å². The lowest BCUT2D eigenvalue weighted by Gasteiger charge is -2.37. The molecule has 15 heteroatoms. The van der Waals surface area contributed by atoms with Crippen LogP contribution in [0.1, 0.15) is 29.3 Å². The highest BCUT2D eigenvalue weighted by Crippen LogP contribution is 2.44. The van der Waals surface area contributed by atoms with E-state index >= 15 is 0 Å². The van der Waals surface area contributed by atoms with Gasteiger partial charge in [-0.2, -0.15) is 4.98 Å². The Labute approximate surface area is 282 Å². The first-order chi connectivity index (χ1) is 23.7. The van der Waals surface area contributed by atoms with E-state index in [0.717, 1.165) is 16.7 Å². The van der Waals surface area contributed by atoms with Crippen LogP contribution in [-0.2, 0) is 24.2 Å². The van der Waals surface area contributed by atoms with Crippen LogP contribution in [0.25, 0.3) is 11.2 Å². The molecule has 0 radical (unpaired) electrons. The van der Waals surface area contributed by atoms with Crippen molar-refractivity contribution in [1.29, 1.82) is 0 Å². The zero-order valence-electron chi connectivity index (χ0n) is 27.3. The number of aromatic nitrogens is 4. The first-order valence-corrected chi connectivity index (χ1v) is 16.5. The van der Waals surface area contributed by atoms with Gasteiger partial charge in [-0.3, -0.25) is 14.3 Å². The molecule has 1 fully saturated rings. The fraction of sp³-hybridized carbons (Fsp3) is 0.294. The first-order valence-electron chi connectivity index (χ1n) is 15.4. The van der Waals surface area contributed by atoms with Gasteiger partial charge in [0, 0.05) is 25.1 Å². The Morgan fingerprint density at radius 3 is 2.20 bits per heavy atom. The van der Waals surface area contributed by atoms with E-state index in [1.54, 1.807) is 37.8 Å². The third-order valence-corrected chi connectivity index (χ3v) is 8.64. The number of nitrogens with one attached hydrogen (secondary N) is 1. The molecule has 0 bridgehead atoms. The van der Waals surface area contributed by atoms with Gasteiger partial charge in [-0.1, -0.05) is 54.6 Å². The predicted octanol–water partition coefficient (Wildman–Crippen LogP) is 4.69. The number of ether oxygens (including phenoxy) is 4. The van der Waals surface area contributed by atoms with Crippen LogP contribution in [0.5, 0.6) is 11.5 Å². The van der Waals surface area contributed by atoms with Gasteiger partial charge in [0.2, 0.25) is 5.95 Å². The number of H-pyrrole nitrogens is 1. The lowest BCUT2D eigenvalue weighted by Crippen LogP contribution is -2.38. The Hall–Kier alpha value is -4.98. The second kappa shape index (κ2) is 14.6.